The van der Waals surface area contributed by atoms with Crippen LogP contribution in [0.1, 0.15) is 5.56 Å². The quantitative estimate of drug-likeness (QED) is 0.595. The molecule has 0 fully saturated rings. The third-order valence-corrected chi connectivity index (χ3v) is 2.08. The summed E-state index contributed by atoms with van der Waals surface area (Å²) < 4.78 is 10.2. The standard InChI is InChI=1S/C11H15N3O2/c1-14-6-10(13)8-4-7(15-2)5-9(12)11(8)16-3/h4-6,13H,12H2,1-3H3. The fraction of sp³-hybridized carbons (Fsp3) is 0.273. The van der Waals surface area contributed by atoms with E-state index in [1.165, 1.54) is 13.3 Å². The zero-order chi connectivity index (χ0) is 12.1. The molecule has 86 valence electrons. The normalized spacial score (nSPS) is 10.4. The average Bonchev–Trinajstić information content (AvgIpc) is 2.28. The molecular formula is C11H15N3O2. The molecule has 0 saturated carbocycles. The second-order valence-electron chi connectivity index (χ2n) is 3.10. The van der Waals surface area contributed by atoms with Crippen molar-refractivity contribution in [2.24, 2.45) is 4.99 Å². The molecule has 5 heteroatoms. The Kier molecular flexibility index (Phi) is 3.88. The summed E-state index contributed by atoms with van der Waals surface area (Å²) >= 11 is 0. The van der Waals surface area contributed by atoms with Crippen LogP contribution >= 0.6 is 0 Å². The second kappa shape index (κ2) is 5.16. The third kappa shape index (κ3) is 2.31. The van der Waals surface area contributed by atoms with E-state index in [1.54, 1.807) is 26.3 Å². The Morgan fingerprint density at radius 1 is 1.38 bits per heavy atom. The molecule has 0 atom stereocenters. The van der Waals surface area contributed by atoms with Crippen LogP contribution in [0.3, 0.4) is 0 Å². The Morgan fingerprint density at radius 3 is 2.56 bits per heavy atom. The minimum atomic E-state index is 0.227. The van der Waals surface area contributed by atoms with Gasteiger partial charge < -0.3 is 15.2 Å². The Hall–Kier alpha value is -2.04. The summed E-state index contributed by atoms with van der Waals surface area (Å²) in [5.74, 6) is 1.05. The lowest BCUT2D eigenvalue weighted by Crippen LogP contribution is -2.06. The number of benzene rings is 1. The van der Waals surface area contributed by atoms with Crippen LogP contribution in [0.4, 0.5) is 5.69 Å². The maximum Gasteiger partial charge on any atom is 0.151 e. The van der Waals surface area contributed by atoms with Gasteiger partial charge in [0.05, 0.1) is 25.6 Å². The number of anilines is 1. The lowest BCUT2D eigenvalue weighted by atomic mass is 10.1. The van der Waals surface area contributed by atoms with Crippen molar-refractivity contribution in [1.29, 1.82) is 5.41 Å². The van der Waals surface area contributed by atoms with E-state index in [2.05, 4.69) is 4.99 Å². The van der Waals surface area contributed by atoms with Crippen LogP contribution in [0.25, 0.3) is 0 Å². The number of nitrogens with zero attached hydrogens (tertiary/aromatic N) is 1. The molecular weight excluding hydrogens is 206 g/mol. The Labute approximate surface area is 94.4 Å². The van der Waals surface area contributed by atoms with Gasteiger partial charge in [0.15, 0.2) is 5.75 Å². The highest BCUT2D eigenvalue weighted by Crippen LogP contribution is 2.31. The molecule has 0 spiro atoms. The van der Waals surface area contributed by atoms with Crippen molar-refractivity contribution in [2.75, 3.05) is 27.0 Å². The summed E-state index contributed by atoms with van der Waals surface area (Å²) in [5, 5.41) is 7.80. The van der Waals surface area contributed by atoms with Crippen LogP contribution < -0.4 is 15.2 Å². The Bertz CT molecular complexity index is 427. The van der Waals surface area contributed by atoms with Gasteiger partial charge in [0.2, 0.25) is 0 Å². The summed E-state index contributed by atoms with van der Waals surface area (Å²) in [6, 6.07) is 3.35. The highest BCUT2D eigenvalue weighted by Gasteiger charge is 2.12. The Morgan fingerprint density at radius 2 is 2.06 bits per heavy atom. The van der Waals surface area contributed by atoms with E-state index < -0.39 is 0 Å². The van der Waals surface area contributed by atoms with Gasteiger partial charge in [0, 0.05) is 24.9 Å². The van der Waals surface area contributed by atoms with E-state index in [4.69, 9.17) is 20.6 Å². The summed E-state index contributed by atoms with van der Waals surface area (Å²) in [4.78, 5) is 3.79. The molecule has 1 aromatic carbocycles. The number of nitrogens with one attached hydrogen (secondary N) is 1. The number of nitrogens with two attached hydrogens (primary N) is 1. The van der Waals surface area contributed by atoms with Gasteiger partial charge in [-0.3, -0.25) is 10.4 Å². The maximum atomic E-state index is 7.80. The largest absolute Gasteiger partial charge is 0.497 e. The van der Waals surface area contributed by atoms with Crippen molar-refractivity contribution in [2.45, 2.75) is 0 Å². The first-order valence-corrected chi connectivity index (χ1v) is 4.66. The van der Waals surface area contributed by atoms with E-state index in [1.807, 2.05) is 0 Å². The number of hydrogen-bond donors (Lipinski definition) is 2. The summed E-state index contributed by atoms with van der Waals surface area (Å²) in [5.41, 5.74) is 7.02. The van der Waals surface area contributed by atoms with Crippen LogP contribution in [0.15, 0.2) is 17.1 Å². The van der Waals surface area contributed by atoms with Gasteiger partial charge >= 0.3 is 0 Å². The van der Waals surface area contributed by atoms with Gasteiger partial charge in [0.1, 0.15) is 5.75 Å². The van der Waals surface area contributed by atoms with Crippen molar-refractivity contribution >= 4 is 17.6 Å². The van der Waals surface area contributed by atoms with E-state index >= 15 is 0 Å². The van der Waals surface area contributed by atoms with E-state index in [9.17, 15) is 0 Å². The number of rotatable bonds is 4. The highest BCUT2D eigenvalue weighted by atomic mass is 16.5. The number of hydrogen-bond acceptors (Lipinski definition) is 5. The first-order valence-electron chi connectivity index (χ1n) is 4.66. The molecule has 0 radical (unpaired) electrons. The zero-order valence-corrected chi connectivity index (χ0v) is 9.57. The summed E-state index contributed by atoms with van der Waals surface area (Å²) in [6.07, 6.45) is 1.43. The number of nitrogen functional groups attached to an aromatic ring is 1. The zero-order valence-electron chi connectivity index (χ0n) is 9.57. The third-order valence-electron chi connectivity index (χ3n) is 2.08. The molecule has 0 aliphatic carbocycles. The van der Waals surface area contributed by atoms with Crippen LogP contribution in [-0.4, -0.2) is 33.2 Å². The highest BCUT2D eigenvalue weighted by molar-refractivity contribution is 6.37. The van der Waals surface area contributed by atoms with Crippen LogP contribution in [-0.2, 0) is 0 Å². The molecule has 0 heterocycles. The van der Waals surface area contributed by atoms with Crippen LogP contribution in [0.5, 0.6) is 11.5 Å². The SMILES string of the molecule is CN=CC(=N)c1cc(OC)cc(N)c1OC. The average molecular weight is 221 g/mol. The van der Waals surface area contributed by atoms with Crippen molar-refractivity contribution in [3.8, 4) is 11.5 Å². The predicted octanol–water partition coefficient (Wildman–Crippen LogP) is 1.35. The van der Waals surface area contributed by atoms with Crippen molar-refractivity contribution in [3.05, 3.63) is 17.7 Å². The van der Waals surface area contributed by atoms with Crippen molar-refractivity contribution < 1.29 is 9.47 Å². The predicted molar refractivity (Wildman–Crippen MR) is 65.2 cm³/mol. The minimum Gasteiger partial charge on any atom is -0.497 e. The lowest BCUT2D eigenvalue weighted by Gasteiger charge is -2.12. The van der Waals surface area contributed by atoms with Gasteiger partial charge in [-0.1, -0.05) is 0 Å². The molecule has 0 amide bonds. The van der Waals surface area contributed by atoms with E-state index in [0.29, 0.717) is 22.7 Å². The molecule has 1 aromatic rings. The molecule has 16 heavy (non-hydrogen) atoms. The smallest absolute Gasteiger partial charge is 0.151 e. The van der Waals surface area contributed by atoms with Gasteiger partial charge in [0.25, 0.3) is 0 Å². The molecule has 0 aromatic heterocycles. The topological polar surface area (TPSA) is 80.7 Å². The molecule has 0 aliphatic heterocycles. The van der Waals surface area contributed by atoms with E-state index in [-0.39, 0.29) is 5.71 Å². The molecule has 5 nitrogen and oxygen atoms in total. The fourth-order valence-corrected chi connectivity index (χ4v) is 1.37. The molecule has 0 unspecified atom stereocenters. The molecule has 1 rings (SSSR count). The monoisotopic (exact) mass is 221 g/mol. The second-order valence-corrected chi connectivity index (χ2v) is 3.10. The molecule has 0 aliphatic rings. The first kappa shape index (κ1) is 12.0. The van der Waals surface area contributed by atoms with Gasteiger partial charge in [-0.15, -0.1) is 0 Å². The van der Waals surface area contributed by atoms with Crippen LogP contribution in [0.2, 0.25) is 0 Å². The van der Waals surface area contributed by atoms with Gasteiger partial charge in [-0.2, -0.15) is 0 Å². The van der Waals surface area contributed by atoms with Gasteiger partial charge in [-0.05, 0) is 6.07 Å². The number of aliphatic imine (C=N–C) groups is 1. The number of ether oxygens (including phenoxy) is 2. The number of methoxy groups -OCH3 is 2. The lowest BCUT2D eigenvalue weighted by molar-refractivity contribution is 0.404. The Balaban J connectivity index is 3.33. The van der Waals surface area contributed by atoms with Crippen molar-refractivity contribution in [1.82, 2.24) is 0 Å². The molecule has 0 saturated heterocycles. The fourth-order valence-electron chi connectivity index (χ4n) is 1.37. The summed E-state index contributed by atoms with van der Waals surface area (Å²) in [7, 11) is 4.66. The maximum absolute atomic E-state index is 7.80. The van der Waals surface area contributed by atoms with Gasteiger partial charge in [-0.25, -0.2) is 0 Å². The van der Waals surface area contributed by atoms with Crippen LogP contribution in [0, 0.1) is 5.41 Å². The molecule has 3 N–H and O–H groups in total. The summed E-state index contributed by atoms with van der Waals surface area (Å²) in [6.45, 7) is 0. The van der Waals surface area contributed by atoms with Crippen molar-refractivity contribution in [3.63, 3.8) is 0 Å². The molecule has 0 bridgehead atoms. The first-order chi connectivity index (χ1) is 7.63. The van der Waals surface area contributed by atoms with E-state index in [0.717, 1.165) is 0 Å². The minimum absolute atomic E-state index is 0.227.